The molecule has 4 saturated carbocycles. The second-order valence-electron chi connectivity index (χ2n) is 15.8. The van der Waals surface area contributed by atoms with Gasteiger partial charge in [0, 0.05) is 39.9 Å². The number of fused-ring (bicyclic) bond motifs is 12. The number of rotatable bonds is 0. The van der Waals surface area contributed by atoms with Crippen LogP contribution in [0, 0.1) is 87.3 Å². The van der Waals surface area contributed by atoms with E-state index in [9.17, 15) is 4.79 Å². The SMILES string of the molecule is C=C1C2C=CC(C)(C)C=CC2C2C1C1C3C=CC(C)(C)C=CC3C(=C)C1C1C3C=CC(C)(C)C=CC3C(=O)C21. The van der Waals surface area contributed by atoms with Crippen molar-refractivity contribution in [1.29, 1.82) is 0 Å². The standard InChI is InChI=1S/C38H46O/c1-21-23-9-15-36(3,4)17-11-25(23)31-29-22(2)24-10-16-37(5,6)18-12-26(24)32(29)34-33(30(21)31)27-13-19-38(7,8)20-14-28(27)35(34)39/h9-20,23-34H,1-2H2,3-8H3. The highest BCUT2D eigenvalue weighted by atomic mass is 16.1. The van der Waals surface area contributed by atoms with Gasteiger partial charge in [-0.25, -0.2) is 0 Å². The van der Waals surface area contributed by atoms with Crippen molar-refractivity contribution in [2.75, 3.05) is 0 Å². The Morgan fingerprint density at radius 2 is 0.795 bits per heavy atom. The van der Waals surface area contributed by atoms with Gasteiger partial charge in [0.25, 0.3) is 0 Å². The third-order valence-electron chi connectivity index (χ3n) is 11.9. The Balaban J connectivity index is 1.42. The molecule has 12 atom stereocenters. The molecule has 7 aliphatic carbocycles. The summed E-state index contributed by atoms with van der Waals surface area (Å²) < 4.78 is 0. The third-order valence-corrected chi connectivity index (χ3v) is 11.9. The maximum Gasteiger partial charge on any atom is 0.144 e. The van der Waals surface area contributed by atoms with Crippen LogP contribution >= 0.6 is 0 Å². The van der Waals surface area contributed by atoms with Crippen LogP contribution in [0.1, 0.15) is 41.5 Å². The second kappa shape index (κ2) is 8.08. The predicted octanol–water partition coefficient (Wildman–Crippen LogP) is 8.57. The van der Waals surface area contributed by atoms with E-state index in [1.54, 1.807) is 0 Å². The summed E-state index contributed by atoms with van der Waals surface area (Å²) in [5.41, 5.74) is 2.82. The summed E-state index contributed by atoms with van der Waals surface area (Å²) in [5.74, 6) is 4.01. The highest BCUT2D eigenvalue weighted by molar-refractivity contribution is 5.89. The number of hydrogen-bond acceptors (Lipinski definition) is 1. The van der Waals surface area contributed by atoms with E-state index in [1.807, 2.05) is 0 Å². The Kier molecular flexibility index (Phi) is 5.29. The Morgan fingerprint density at radius 3 is 1.21 bits per heavy atom. The van der Waals surface area contributed by atoms with Gasteiger partial charge in [0.1, 0.15) is 5.78 Å². The van der Waals surface area contributed by atoms with Crippen LogP contribution in [0.3, 0.4) is 0 Å². The van der Waals surface area contributed by atoms with Gasteiger partial charge in [-0.1, -0.05) is 139 Å². The van der Waals surface area contributed by atoms with Crippen LogP contribution in [0.15, 0.2) is 97.2 Å². The van der Waals surface area contributed by atoms with Gasteiger partial charge in [-0.2, -0.15) is 0 Å². The van der Waals surface area contributed by atoms with E-state index in [0.717, 1.165) is 0 Å². The molecule has 0 aromatic carbocycles. The minimum absolute atomic E-state index is 0.0144. The van der Waals surface area contributed by atoms with Gasteiger partial charge in [-0.15, -0.1) is 0 Å². The summed E-state index contributed by atoms with van der Waals surface area (Å²) in [6, 6.07) is 0. The minimum Gasteiger partial charge on any atom is -0.299 e. The Bertz CT molecular complexity index is 1150. The van der Waals surface area contributed by atoms with Crippen LogP contribution in [0.4, 0.5) is 0 Å². The largest absolute Gasteiger partial charge is 0.299 e. The van der Waals surface area contributed by atoms with Crippen molar-refractivity contribution in [1.82, 2.24) is 0 Å². The summed E-state index contributed by atoms with van der Waals surface area (Å²) in [7, 11) is 0. The molecule has 7 rings (SSSR count). The maximum atomic E-state index is 14.6. The van der Waals surface area contributed by atoms with Crippen molar-refractivity contribution < 1.29 is 4.79 Å². The number of carbonyl (C=O) groups is 1. The lowest BCUT2D eigenvalue weighted by Gasteiger charge is -2.48. The molecule has 0 radical (unpaired) electrons. The van der Waals surface area contributed by atoms with E-state index in [4.69, 9.17) is 13.2 Å². The van der Waals surface area contributed by atoms with Crippen molar-refractivity contribution in [3.8, 4) is 0 Å². The number of ketones is 1. The van der Waals surface area contributed by atoms with Crippen LogP contribution in [0.2, 0.25) is 0 Å². The lowest BCUT2D eigenvalue weighted by atomic mass is 9.54. The summed E-state index contributed by atoms with van der Waals surface area (Å²) in [6.07, 6.45) is 28.9. The van der Waals surface area contributed by atoms with Crippen LogP contribution in [0.25, 0.3) is 0 Å². The average molecular weight is 519 g/mol. The maximum absolute atomic E-state index is 14.6. The molecule has 4 fully saturated rings. The molecule has 0 N–H and O–H groups in total. The van der Waals surface area contributed by atoms with Crippen molar-refractivity contribution in [3.05, 3.63) is 97.2 Å². The average Bonchev–Trinajstić information content (AvgIpc) is 3.21. The summed E-state index contributed by atoms with van der Waals surface area (Å²) in [5, 5.41) is 0. The molecular weight excluding hydrogens is 472 g/mol. The summed E-state index contributed by atoms with van der Waals surface area (Å²) in [6.45, 7) is 23.4. The summed E-state index contributed by atoms with van der Waals surface area (Å²) in [4.78, 5) is 14.6. The first-order valence-corrected chi connectivity index (χ1v) is 15.4. The first kappa shape index (κ1) is 25.6. The molecule has 7 aliphatic rings. The van der Waals surface area contributed by atoms with Gasteiger partial charge >= 0.3 is 0 Å². The fourth-order valence-corrected chi connectivity index (χ4v) is 10.1. The van der Waals surface area contributed by atoms with E-state index in [1.165, 1.54) is 11.1 Å². The van der Waals surface area contributed by atoms with Gasteiger partial charge in [-0.3, -0.25) is 4.79 Å². The molecule has 39 heavy (non-hydrogen) atoms. The molecule has 0 heterocycles. The van der Waals surface area contributed by atoms with E-state index in [2.05, 4.69) is 114 Å². The zero-order chi connectivity index (χ0) is 27.6. The molecule has 0 saturated heterocycles. The molecule has 0 bridgehead atoms. The number of allylic oxidation sites excluding steroid dienone is 14. The van der Waals surface area contributed by atoms with Crippen molar-refractivity contribution >= 4 is 5.78 Å². The molecule has 0 aromatic heterocycles. The zero-order valence-corrected chi connectivity index (χ0v) is 24.7. The van der Waals surface area contributed by atoms with E-state index < -0.39 is 0 Å². The molecule has 0 aromatic rings. The first-order valence-electron chi connectivity index (χ1n) is 15.4. The van der Waals surface area contributed by atoms with Gasteiger partial charge in [-0.05, 0) is 47.3 Å². The molecule has 0 amide bonds. The zero-order valence-electron chi connectivity index (χ0n) is 24.7. The number of Topliss-reactive ketones (excluding diaryl/α,β-unsaturated/α-hetero) is 1. The van der Waals surface area contributed by atoms with E-state index in [-0.39, 0.29) is 34.0 Å². The van der Waals surface area contributed by atoms with Crippen LogP contribution < -0.4 is 0 Å². The van der Waals surface area contributed by atoms with Crippen molar-refractivity contribution in [2.24, 2.45) is 87.3 Å². The normalized spacial score (nSPS) is 48.9. The van der Waals surface area contributed by atoms with Crippen LogP contribution in [-0.4, -0.2) is 5.78 Å². The Labute approximate surface area is 236 Å². The number of hydrogen-bond donors (Lipinski definition) is 0. The molecule has 204 valence electrons. The lowest BCUT2D eigenvalue weighted by molar-refractivity contribution is -0.128. The van der Waals surface area contributed by atoms with E-state index in [0.29, 0.717) is 59.0 Å². The lowest BCUT2D eigenvalue weighted by Crippen LogP contribution is -2.47. The highest BCUT2D eigenvalue weighted by Crippen LogP contribution is 2.71. The molecule has 0 aliphatic heterocycles. The van der Waals surface area contributed by atoms with Crippen LogP contribution in [-0.2, 0) is 4.79 Å². The summed E-state index contributed by atoms with van der Waals surface area (Å²) >= 11 is 0. The molecular formula is C38H46O. The fourth-order valence-electron chi connectivity index (χ4n) is 10.1. The highest BCUT2D eigenvalue weighted by Gasteiger charge is 2.69. The van der Waals surface area contributed by atoms with Gasteiger partial charge in [0.05, 0.1) is 0 Å². The van der Waals surface area contributed by atoms with E-state index >= 15 is 0 Å². The van der Waals surface area contributed by atoms with Gasteiger partial charge in [0.2, 0.25) is 0 Å². The monoisotopic (exact) mass is 518 g/mol. The van der Waals surface area contributed by atoms with Gasteiger partial charge in [0.15, 0.2) is 0 Å². The Morgan fingerprint density at radius 1 is 0.487 bits per heavy atom. The first-order chi connectivity index (χ1) is 18.3. The minimum atomic E-state index is -0.0188. The molecule has 1 heteroatoms. The van der Waals surface area contributed by atoms with Gasteiger partial charge < -0.3 is 0 Å². The van der Waals surface area contributed by atoms with Crippen LogP contribution in [0.5, 0.6) is 0 Å². The molecule has 0 spiro atoms. The second-order valence-corrected chi connectivity index (χ2v) is 15.8. The van der Waals surface area contributed by atoms with Crippen molar-refractivity contribution in [2.45, 2.75) is 41.5 Å². The topological polar surface area (TPSA) is 17.1 Å². The fraction of sp³-hybridized carbons (Fsp3) is 0.553. The third kappa shape index (κ3) is 3.60. The smallest absolute Gasteiger partial charge is 0.144 e. The molecule has 12 unspecified atom stereocenters. The van der Waals surface area contributed by atoms with Crippen molar-refractivity contribution in [3.63, 3.8) is 0 Å². The molecule has 1 nitrogen and oxygen atoms in total. The Hall–Kier alpha value is -2.41. The predicted molar refractivity (Wildman–Crippen MR) is 161 cm³/mol. The quantitative estimate of drug-likeness (QED) is 0.294. The number of carbonyl (C=O) groups excluding carboxylic acids is 1.